The van der Waals surface area contributed by atoms with E-state index in [9.17, 15) is 13.6 Å². The van der Waals surface area contributed by atoms with Gasteiger partial charge in [0.2, 0.25) is 0 Å². The Kier molecular flexibility index (Phi) is 3.37. The molecule has 4 heteroatoms. The van der Waals surface area contributed by atoms with E-state index in [1.54, 1.807) is 30.3 Å². The lowest BCUT2D eigenvalue weighted by atomic mass is 10.0. The van der Waals surface area contributed by atoms with Gasteiger partial charge in [0.25, 0.3) is 0 Å². The number of halogens is 2. The molecule has 0 aliphatic rings. The minimum Gasteiger partial charge on any atom is -0.396 e. The molecule has 0 saturated carbocycles. The molecule has 18 heavy (non-hydrogen) atoms. The highest BCUT2D eigenvalue weighted by molar-refractivity contribution is 5.98. The van der Waals surface area contributed by atoms with Crippen LogP contribution in [-0.2, 0) is 6.42 Å². The average molecular weight is 247 g/mol. The first-order chi connectivity index (χ1) is 8.59. The van der Waals surface area contributed by atoms with Crippen LogP contribution in [0.2, 0.25) is 0 Å². The fourth-order valence-electron chi connectivity index (χ4n) is 1.69. The summed E-state index contributed by atoms with van der Waals surface area (Å²) in [5, 5.41) is 0. The number of hydrogen-bond donors (Lipinski definition) is 1. The van der Waals surface area contributed by atoms with Crippen molar-refractivity contribution in [2.45, 2.75) is 6.42 Å². The predicted molar refractivity (Wildman–Crippen MR) is 65.2 cm³/mol. The molecule has 92 valence electrons. The summed E-state index contributed by atoms with van der Waals surface area (Å²) >= 11 is 0. The highest BCUT2D eigenvalue weighted by Crippen LogP contribution is 2.20. The SMILES string of the molecule is Nc1ccc(F)c(C(=O)Cc2ccccc2)c1F. The summed E-state index contributed by atoms with van der Waals surface area (Å²) in [5.74, 6) is -2.50. The van der Waals surface area contributed by atoms with Crippen molar-refractivity contribution < 1.29 is 13.6 Å². The molecule has 0 saturated heterocycles. The summed E-state index contributed by atoms with van der Waals surface area (Å²) in [4.78, 5) is 11.9. The number of benzene rings is 2. The first kappa shape index (κ1) is 12.2. The number of rotatable bonds is 3. The molecule has 2 aromatic rings. The van der Waals surface area contributed by atoms with Crippen LogP contribution in [0.15, 0.2) is 42.5 Å². The number of carbonyl (C=O) groups is 1. The molecule has 0 atom stereocenters. The van der Waals surface area contributed by atoms with Gasteiger partial charge in [0, 0.05) is 6.42 Å². The van der Waals surface area contributed by atoms with E-state index in [1.807, 2.05) is 0 Å². The maximum atomic E-state index is 13.6. The van der Waals surface area contributed by atoms with Crippen molar-refractivity contribution in [1.82, 2.24) is 0 Å². The van der Waals surface area contributed by atoms with Gasteiger partial charge in [-0.2, -0.15) is 0 Å². The van der Waals surface area contributed by atoms with Gasteiger partial charge in [-0.1, -0.05) is 30.3 Å². The molecule has 0 unspecified atom stereocenters. The second-order valence-corrected chi connectivity index (χ2v) is 3.91. The molecule has 2 N–H and O–H groups in total. The van der Waals surface area contributed by atoms with Gasteiger partial charge < -0.3 is 5.73 Å². The Morgan fingerprint density at radius 3 is 2.39 bits per heavy atom. The first-order valence-corrected chi connectivity index (χ1v) is 5.40. The number of Topliss-reactive ketones (excluding diaryl/α,β-unsaturated/α-hetero) is 1. The van der Waals surface area contributed by atoms with Gasteiger partial charge in [-0.15, -0.1) is 0 Å². The number of anilines is 1. The highest BCUT2D eigenvalue weighted by Gasteiger charge is 2.19. The highest BCUT2D eigenvalue weighted by atomic mass is 19.1. The molecule has 0 aliphatic heterocycles. The average Bonchev–Trinajstić information content (AvgIpc) is 2.36. The molecule has 0 fully saturated rings. The topological polar surface area (TPSA) is 43.1 Å². The number of ketones is 1. The van der Waals surface area contributed by atoms with E-state index in [2.05, 4.69) is 0 Å². The van der Waals surface area contributed by atoms with E-state index >= 15 is 0 Å². The van der Waals surface area contributed by atoms with E-state index in [0.717, 1.165) is 12.1 Å². The largest absolute Gasteiger partial charge is 0.396 e. The molecule has 0 bridgehead atoms. The molecule has 0 aromatic heterocycles. The summed E-state index contributed by atoms with van der Waals surface area (Å²) in [6, 6.07) is 10.9. The Balaban J connectivity index is 2.33. The number of nitrogen functional groups attached to an aromatic ring is 1. The molecule has 0 heterocycles. The maximum absolute atomic E-state index is 13.6. The number of hydrogen-bond acceptors (Lipinski definition) is 2. The van der Waals surface area contributed by atoms with Gasteiger partial charge in [0.1, 0.15) is 5.82 Å². The van der Waals surface area contributed by atoms with Crippen LogP contribution < -0.4 is 5.73 Å². The van der Waals surface area contributed by atoms with Gasteiger partial charge in [0.05, 0.1) is 11.3 Å². The maximum Gasteiger partial charge on any atom is 0.173 e. The molecule has 0 spiro atoms. The Bertz CT molecular complexity index is 582. The zero-order valence-corrected chi connectivity index (χ0v) is 9.49. The Morgan fingerprint density at radius 2 is 1.72 bits per heavy atom. The van der Waals surface area contributed by atoms with Crippen LogP contribution in [0.4, 0.5) is 14.5 Å². The minimum absolute atomic E-state index is 0.0574. The summed E-state index contributed by atoms with van der Waals surface area (Å²) in [6.45, 7) is 0. The molecule has 2 nitrogen and oxygen atoms in total. The minimum atomic E-state index is -0.990. The smallest absolute Gasteiger partial charge is 0.173 e. The molecule has 0 radical (unpaired) electrons. The second kappa shape index (κ2) is 4.96. The summed E-state index contributed by atoms with van der Waals surface area (Å²) in [5.41, 5.74) is 5.23. The zero-order valence-electron chi connectivity index (χ0n) is 9.49. The van der Waals surface area contributed by atoms with Crippen LogP contribution in [-0.4, -0.2) is 5.78 Å². The van der Waals surface area contributed by atoms with Crippen LogP contribution in [0.3, 0.4) is 0 Å². The third-order valence-corrected chi connectivity index (χ3v) is 2.61. The monoisotopic (exact) mass is 247 g/mol. The van der Waals surface area contributed by atoms with Gasteiger partial charge in [0.15, 0.2) is 11.6 Å². The quantitative estimate of drug-likeness (QED) is 0.669. The van der Waals surface area contributed by atoms with Crippen LogP contribution in [0.25, 0.3) is 0 Å². The Labute approximate surface area is 103 Å². The lowest BCUT2D eigenvalue weighted by Crippen LogP contribution is -2.10. The van der Waals surface area contributed by atoms with Crippen molar-refractivity contribution in [3.63, 3.8) is 0 Å². The molecular formula is C14H11F2NO. The van der Waals surface area contributed by atoms with Crippen molar-refractivity contribution in [3.05, 3.63) is 65.2 Å². The normalized spacial score (nSPS) is 10.3. The van der Waals surface area contributed by atoms with Crippen LogP contribution in [0.5, 0.6) is 0 Å². The second-order valence-electron chi connectivity index (χ2n) is 3.91. The van der Waals surface area contributed by atoms with Gasteiger partial charge in [-0.05, 0) is 17.7 Å². The van der Waals surface area contributed by atoms with Crippen molar-refractivity contribution >= 4 is 11.5 Å². The summed E-state index contributed by atoms with van der Waals surface area (Å²) in [7, 11) is 0. The van der Waals surface area contributed by atoms with Gasteiger partial charge in [-0.25, -0.2) is 8.78 Å². The first-order valence-electron chi connectivity index (χ1n) is 5.40. The molecule has 2 rings (SSSR count). The Hall–Kier alpha value is -2.23. The number of nitrogens with two attached hydrogens (primary N) is 1. The Morgan fingerprint density at radius 1 is 1.06 bits per heavy atom. The van der Waals surface area contributed by atoms with Crippen LogP contribution in [0, 0.1) is 11.6 Å². The molecule has 0 amide bonds. The summed E-state index contributed by atoms with van der Waals surface area (Å²) < 4.78 is 27.1. The van der Waals surface area contributed by atoms with Gasteiger partial charge in [-0.3, -0.25) is 4.79 Å². The summed E-state index contributed by atoms with van der Waals surface area (Å²) in [6.07, 6.45) is -0.0574. The third-order valence-electron chi connectivity index (χ3n) is 2.61. The molecular weight excluding hydrogens is 236 g/mol. The van der Waals surface area contributed by atoms with E-state index in [0.29, 0.717) is 5.56 Å². The van der Waals surface area contributed by atoms with Crippen LogP contribution in [0.1, 0.15) is 15.9 Å². The lowest BCUT2D eigenvalue weighted by Gasteiger charge is -2.06. The van der Waals surface area contributed by atoms with E-state index in [-0.39, 0.29) is 12.1 Å². The van der Waals surface area contributed by atoms with Crippen molar-refractivity contribution in [3.8, 4) is 0 Å². The van der Waals surface area contributed by atoms with E-state index in [1.165, 1.54) is 0 Å². The van der Waals surface area contributed by atoms with Crippen molar-refractivity contribution in [2.75, 3.05) is 5.73 Å². The third kappa shape index (κ3) is 2.37. The standard InChI is InChI=1S/C14H11F2NO/c15-10-6-7-11(17)14(16)13(10)12(18)8-9-4-2-1-3-5-9/h1-7H,8,17H2. The van der Waals surface area contributed by atoms with Crippen LogP contribution >= 0.6 is 0 Å². The predicted octanol–water partition coefficient (Wildman–Crippen LogP) is 2.97. The lowest BCUT2D eigenvalue weighted by molar-refractivity contribution is 0.0985. The fraction of sp³-hybridized carbons (Fsp3) is 0.0714. The number of carbonyl (C=O) groups excluding carboxylic acids is 1. The molecule has 2 aromatic carbocycles. The molecule has 0 aliphatic carbocycles. The zero-order chi connectivity index (χ0) is 13.1. The fourth-order valence-corrected chi connectivity index (χ4v) is 1.69. The van der Waals surface area contributed by atoms with E-state index < -0.39 is 23.0 Å². The van der Waals surface area contributed by atoms with Crippen molar-refractivity contribution in [1.29, 1.82) is 0 Å². The van der Waals surface area contributed by atoms with E-state index in [4.69, 9.17) is 5.73 Å². The van der Waals surface area contributed by atoms with Crippen molar-refractivity contribution in [2.24, 2.45) is 0 Å². The van der Waals surface area contributed by atoms with Gasteiger partial charge >= 0.3 is 0 Å².